The maximum Gasteiger partial charge on any atom is 0.422 e. The molecule has 0 aliphatic heterocycles. The molecule has 1 aromatic carbocycles. The Morgan fingerprint density at radius 3 is 2.45 bits per heavy atom. The number of ether oxygens (including phenoxy) is 2. The number of pyridine rings is 1. The van der Waals surface area contributed by atoms with Crippen LogP contribution in [-0.4, -0.2) is 39.5 Å². The van der Waals surface area contributed by atoms with E-state index in [0.717, 1.165) is 43.5 Å². The molecule has 1 amide bonds. The minimum absolute atomic E-state index is 0.00449. The fourth-order valence-electron chi connectivity index (χ4n) is 3.47. The lowest BCUT2D eigenvalue weighted by molar-refractivity contribution is -0.153. The minimum atomic E-state index is -4.44. The van der Waals surface area contributed by atoms with E-state index in [0.29, 0.717) is 24.3 Å². The van der Waals surface area contributed by atoms with Crippen LogP contribution < -0.4 is 14.8 Å². The molecule has 3 N–H and O–H groups in total. The third-order valence-electron chi connectivity index (χ3n) is 5.32. The van der Waals surface area contributed by atoms with Gasteiger partial charge in [0.15, 0.2) is 6.61 Å². The number of carbonyl (C=O) groups excluding carboxylic acids is 1. The van der Waals surface area contributed by atoms with Gasteiger partial charge in [-0.3, -0.25) is 14.3 Å². The molecule has 0 bridgehead atoms. The molecule has 2 aromatic rings. The number of carbonyl (C=O) groups is 1. The Kier molecular flexibility index (Phi) is 12.8. The topological polar surface area (TPSA) is 118 Å². The molecule has 12 heteroatoms. The fourth-order valence-corrected chi connectivity index (χ4v) is 3.91. The van der Waals surface area contributed by atoms with Gasteiger partial charge >= 0.3 is 13.8 Å². The van der Waals surface area contributed by atoms with Gasteiger partial charge in [-0.2, -0.15) is 13.2 Å². The molecule has 0 aliphatic rings. The predicted octanol–water partition coefficient (Wildman–Crippen LogP) is 5.68. The maximum atomic E-state index is 12.4. The van der Waals surface area contributed by atoms with Crippen LogP contribution in [-0.2, 0) is 22.4 Å². The largest absolute Gasteiger partial charge is 0.487 e. The quantitative estimate of drug-likeness (QED) is 0.179. The molecule has 0 fully saturated rings. The van der Waals surface area contributed by atoms with Gasteiger partial charge in [-0.15, -0.1) is 0 Å². The number of unbranched alkanes of at least 4 members (excludes halogenated alkanes) is 4. The SMILES string of the molecule is CCCCCCCC(=O)N[C@@H](C=CP(=O)(O)O)Cc1ccc(OCc2cc(OCC(F)(F)F)ccn2)cc1. The van der Waals surface area contributed by atoms with Gasteiger partial charge in [0.05, 0.1) is 11.7 Å². The lowest BCUT2D eigenvalue weighted by atomic mass is 10.1. The van der Waals surface area contributed by atoms with Gasteiger partial charge in [0, 0.05) is 24.5 Å². The number of rotatable bonds is 16. The normalized spacial score (nSPS) is 12.9. The van der Waals surface area contributed by atoms with Crippen LogP contribution in [0.4, 0.5) is 13.2 Å². The monoisotopic (exact) mass is 558 g/mol. The van der Waals surface area contributed by atoms with Crippen molar-refractivity contribution in [1.82, 2.24) is 10.3 Å². The first-order valence-corrected chi connectivity index (χ1v) is 14.0. The summed E-state index contributed by atoms with van der Waals surface area (Å²) < 4.78 is 58.7. The molecule has 2 rings (SSSR count). The van der Waals surface area contributed by atoms with E-state index in [9.17, 15) is 32.3 Å². The van der Waals surface area contributed by atoms with Crippen LogP contribution >= 0.6 is 7.60 Å². The van der Waals surface area contributed by atoms with Gasteiger partial charge in [0.25, 0.3) is 0 Å². The van der Waals surface area contributed by atoms with Gasteiger partial charge in [-0.25, -0.2) is 0 Å². The summed E-state index contributed by atoms with van der Waals surface area (Å²) >= 11 is 0. The van der Waals surface area contributed by atoms with Gasteiger partial charge in [0.2, 0.25) is 5.91 Å². The molecule has 210 valence electrons. The molecular formula is C26H34F3N2O6P. The lowest BCUT2D eigenvalue weighted by Gasteiger charge is -2.16. The van der Waals surface area contributed by atoms with Crippen molar-refractivity contribution in [2.24, 2.45) is 0 Å². The summed E-state index contributed by atoms with van der Waals surface area (Å²) in [5.74, 6) is 1.12. The number of amides is 1. The van der Waals surface area contributed by atoms with Crippen molar-refractivity contribution < 1.29 is 41.8 Å². The van der Waals surface area contributed by atoms with Gasteiger partial charge in [-0.1, -0.05) is 50.8 Å². The minimum Gasteiger partial charge on any atom is -0.487 e. The summed E-state index contributed by atoms with van der Waals surface area (Å²) in [5.41, 5.74) is 1.18. The lowest BCUT2D eigenvalue weighted by Crippen LogP contribution is -2.34. The highest BCUT2D eigenvalue weighted by Gasteiger charge is 2.28. The first-order chi connectivity index (χ1) is 17.9. The zero-order valence-corrected chi connectivity index (χ0v) is 22.1. The highest BCUT2D eigenvalue weighted by Crippen LogP contribution is 2.36. The van der Waals surface area contributed by atoms with E-state index in [-0.39, 0.29) is 18.3 Å². The van der Waals surface area contributed by atoms with Crippen LogP contribution in [0, 0.1) is 0 Å². The number of halogens is 3. The van der Waals surface area contributed by atoms with Crippen molar-refractivity contribution in [3.05, 3.63) is 65.7 Å². The predicted molar refractivity (Wildman–Crippen MR) is 137 cm³/mol. The van der Waals surface area contributed by atoms with Crippen LogP contribution in [0.15, 0.2) is 54.5 Å². The van der Waals surface area contributed by atoms with Crippen molar-refractivity contribution in [1.29, 1.82) is 0 Å². The molecule has 0 radical (unpaired) electrons. The Morgan fingerprint density at radius 1 is 1.08 bits per heavy atom. The van der Waals surface area contributed by atoms with Crippen LogP contribution in [0.3, 0.4) is 0 Å². The summed E-state index contributed by atoms with van der Waals surface area (Å²) in [6.07, 6.45) is 3.83. The summed E-state index contributed by atoms with van der Waals surface area (Å²) in [6.45, 7) is 0.716. The zero-order chi connectivity index (χ0) is 28.0. The molecule has 0 saturated carbocycles. The van der Waals surface area contributed by atoms with E-state index in [1.54, 1.807) is 24.3 Å². The molecule has 0 unspecified atom stereocenters. The van der Waals surface area contributed by atoms with E-state index in [4.69, 9.17) is 9.47 Å². The van der Waals surface area contributed by atoms with E-state index >= 15 is 0 Å². The van der Waals surface area contributed by atoms with Crippen LogP contribution in [0.25, 0.3) is 0 Å². The number of alkyl halides is 3. The molecule has 8 nitrogen and oxygen atoms in total. The summed E-state index contributed by atoms with van der Waals surface area (Å²) in [7, 11) is -4.39. The first-order valence-electron chi connectivity index (χ1n) is 12.3. The second kappa shape index (κ2) is 15.5. The average molecular weight is 559 g/mol. The van der Waals surface area contributed by atoms with Gasteiger partial charge in [0.1, 0.15) is 18.1 Å². The van der Waals surface area contributed by atoms with E-state index in [2.05, 4.69) is 17.2 Å². The number of benzene rings is 1. The Hall–Kier alpha value is -2.88. The number of nitrogens with zero attached hydrogens (tertiary/aromatic N) is 1. The second-order valence-corrected chi connectivity index (χ2v) is 10.3. The third kappa shape index (κ3) is 14.2. The van der Waals surface area contributed by atoms with Crippen molar-refractivity contribution in [3.63, 3.8) is 0 Å². The van der Waals surface area contributed by atoms with Crippen LogP contribution in [0.1, 0.15) is 56.7 Å². The molecule has 38 heavy (non-hydrogen) atoms. The van der Waals surface area contributed by atoms with Crippen LogP contribution in [0.2, 0.25) is 0 Å². The Labute approximate surface area is 220 Å². The molecule has 0 saturated heterocycles. The number of nitrogens with one attached hydrogen (secondary N) is 1. The van der Waals surface area contributed by atoms with Gasteiger partial charge in [-0.05, 0) is 36.6 Å². The van der Waals surface area contributed by atoms with Crippen molar-refractivity contribution in [3.8, 4) is 11.5 Å². The van der Waals surface area contributed by atoms with Gasteiger partial charge < -0.3 is 24.6 Å². The summed E-state index contributed by atoms with van der Waals surface area (Å²) in [4.78, 5) is 34.8. The smallest absolute Gasteiger partial charge is 0.422 e. The number of hydrogen-bond donors (Lipinski definition) is 3. The molecule has 1 atom stereocenters. The molecule has 1 heterocycles. The maximum absolute atomic E-state index is 12.4. The average Bonchev–Trinajstić information content (AvgIpc) is 2.85. The first kappa shape index (κ1) is 31.3. The molecule has 1 aromatic heterocycles. The highest BCUT2D eigenvalue weighted by molar-refractivity contribution is 7.55. The van der Waals surface area contributed by atoms with Crippen molar-refractivity contribution in [2.75, 3.05) is 6.61 Å². The van der Waals surface area contributed by atoms with Crippen molar-refractivity contribution in [2.45, 2.75) is 70.7 Å². The highest BCUT2D eigenvalue weighted by atomic mass is 31.2. The Balaban J connectivity index is 1.93. The van der Waals surface area contributed by atoms with Crippen LogP contribution in [0.5, 0.6) is 11.5 Å². The molecule has 0 aliphatic carbocycles. The third-order valence-corrected chi connectivity index (χ3v) is 5.88. The molecular weight excluding hydrogens is 524 g/mol. The Morgan fingerprint density at radius 2 is 1.79 bits per heavy atom. The molecule has 0 spiro atoms. The standard InChI is InChI=1S/C26H34F3N2O6P/c1-2-3-4-5-6-7-25(32)31-21(13-15-38(33,34)35)16-20-8-10-23(11-9-20)36-18-22-17-24(12-14-30-22)37-19-26(27,28)29/h8-15,17,21H,2-7,16,18-19H2,1H3,(H,31,32)(H2,33,34,35)/t21-/m0/s1. The Bertz CT molecular complexity index is 1070. The fraction of sp³-hybridized carbons (Fsp3) is 0.462. The van der Waals surface area contributed by atoms with E-state index in [1.165, 1.54) is 24.4 Å². The van der Waals surface area contributed by atoms with E-state index < -0.39 is 26.4 Å². The van der Waals surface area contributed by atoms with E-state index in [1.807, 2.05) is 0 Å². The second-order valence-electron chi connectivity index (χ2n) is 8.79. The summed E-state index contributed by atoms with van der Waals surface area (Å²) in [6, 6.07) is 8.94. The summed E-state index contributed by atoms with van der Waals surface area (Å²) in [5, 5.41) is 2.82. The number of aromatic nitrogens is 1. The number of hydrogen-bond acceptors (Lipinski definition) is 5. The van der Waals surface area contributed by atoms with Crippen molar-refractivity contribution >= 4 is 13.5 Å². The zero-order valence-electron chi connectivity index (χ0n) is 21.2.